The lowest BCUT2D eigenvalue weighted by Gasteiger charge is -2.47. The maximum atomic E-state index is 13.0. The average Bonchev–Trinajstić information content (AvgIpc) is 3.20. The number of nitrogens with one attached hydrogen (secondary N) is 1. The molecule has 0 amide bonds. The van der Waals surface area contributed by atoms with E-state index in [1.54, 1.807) is 12.1 Å². The summed E-state index contributed by atoms with van der Waals surface area (Å²) in [4.78, 5) is 17.6. The topological polar surface area (TPSA) is 110 Å². The maximum Gasteiger partial charge on any atom is 0.329 e. The SMILES string of the molecule is C[C@@H](COc1ccnc2c1[C@H](C)CCC2)C[C@H]1Cc2cc3c(cc2C12CCC(Nc1cccc(Cl)c1)(C(=O)O)CC2)OCCC(CCO)O3. The molecule has 4 aliphatic rings. The highest BCUT2D eigenvalue weighted by Crippen LogP contribution is 2.58. The minimum atomic E-state index is -1.09. The minimum Gasteiger partial charge on any atom is -0.493 e. The van der Waals surface area contributed by atoms with Crippen molar-refractivity contribution in [1.82, 2.24) is 4.98 Å². The second-order valence-corrected chi connectivity index (χ2v) is 15.5. The zero-order chi connectivity index (χ0) is 34.2. The van der Waals surface area contributed by atoms with Gasteiger partial charge in [0.1, 0.15) is 17.4 Å². The normalized spacial score (nSPS) is 27.9. The third-order valence-corrected chi connectivity index (χ3v) is 12.0. The Morgan fingerprint density at radius 3 is 2.76 bits per heavy atom. The number of carboxylic acids is 1. The number of aliphatic hydroxyl groups excluding tert-OH is 1. The number of rotatable bonds is 10. The van der Waals surface area contributed by atoms with E-state index in [0.717, 1.165) is 67.9 Å². The van der Waals surface area contributed by atoms with Crippen LogP contribution >= 0.6 is 11.6 Å². The first-order valence-corrected chi connectivity index (χ1v) is 18.5. The lowest BCUT2D eigenvalue weighted by atomic mass is 9.59. The molecule has 3 N–H and O–H groups in total. The molecule has 8 nitrogen and oxygen atoms in total. The Balaban J connectivity index is 1.16. The number of anilines is 1. The van der Waals surface area contributed by atoms with Crippen molar-refractivity contribution in [2.24, 2.45) is 11.8 Å². The number of carbonyl (C=O) groups is 1. The highest BCUT2D eigenvalue weighted by atomic mass is 35.5. The molecule has 7 rings (SSSR count). The summed E-state index contributed by atoms with van der Waals surface area (Å²) in [6.45, 7) is 5.78. The van der Waals surface area contributed by atoms with E-state index >= 15 is 0 Å². The average molecular weight is 689 g/mol. The van der Waals surface area contributed by atoms with E-state index in [-0.39, 0.29) is 24.0 Å². The highest BCUT2D eigenvalue weighted by molar-refractivity contribution is 6.30. The molecule has 2 heterocycles. The first kappa shape index (κ1) is 34.0. The Kier molecular flexibility index (Phi) is 9.73. The summed E-state index contributed by atoms with van der Waals surface area (Å²) < 4.78 is 19.2. The zero-order valence-electron chi connectivity index (χ0n) is 28.7. The number of halogens is 1. The molecule has 1 aliphatic heterocycles. The predicted molar refractivity (Wildman–Crippen MR) is 190 cm³/mol. The third-order valence-electron chi connectivity index (χ3n) is 11.8. The Morgan fingerprint density at radius 1 is 1.14 bits per heavy atom. The monoisotopic (exact) mass is 688 g/mol. The molecule has 262 valence electrons. The molecule has 1 saturated carbocycles. The molecule has 0 radical (unpaired) electrons. The van der Waals surface area contributed by atoms with Gasteiger partial charge in [-0.25, -0.2) is 4.79 Å². The number of benzene rings is 2. The summed E-state index contributed by atoms with van der Waals surface area (Å²) in [7, 11) is 0. The van der Waals surface area contributed by atoms with Crippen LogP contribution in [0.4, 0.5) is 5.69 Å². The molecule has 9 heteroatoms. The number of aryl methyl sites for hydroxylation is 1. The van der Waals surface area contributed by atoms with Crippen molar-refractivity contribution in [3.63, 3.8) is 0 Å². The quantitative estimate of drug-likeness (QED) is 0.196. The number of nitrogens with zero attached hydrogens (tertiary/aromatic N) is 1. The lowest BCUT2D eigenvalue weighted by Crippen LogP contribution is -2.53. The molecule has 49 heavy (non-hydrogen) atoms. The number of aliphatic hydroxyl groups is 1. The molecule has 2 aromatic carbocycles. The number of fused-ring (bicyclic) bond motifs is 4. The van der Waals surface area contributed by atoms with Gasteiger partial charge in [0.2, 0.25) is 0 Å². The van der Waals surface area contributed by atoms with E-state index in [1.807, 2.05) is 24.4 Å². The predicted octanol–water partition coefficient (Wildman–Crippen LogP) is 8.11. The van der Waals surface area contributed by atoms with Crippen LogP contribution < -0.4 is 19.5 Å². The zero-order valence-corrected chi connectivity index (χ0v) is 29.4. The Morgan fingerprint density at radius 2 is 1.98 bits per heavy atom. The number of ether oxygens (including phenoxy) is 3. The number of pyridine rings is 1. The number of carboxylic acid groups (broad SMARTS) is 1. The first-order chi connectivity index (χ1) is 23.7. The number of aromatic nitrogens is 1. The van der Waals surface area contributed by atoms with Crippen LogP contribution in [0.2, 0.25) is 5.02 Å². The molecule has 1 unspecified atom stereocenters. The van der Waals surface area contributed by atoms with Gasteiger partial charge in [-0.05, 0) is 128 Å². The van der Waals surface area contributed by atoms with Gasteiger partial charge in [0, 0.05) is 47.6 Å². The molecule has 3 aromatic rings. The van der Waals surface area contributed by atoms with Gasteiger partial charge in [0.15, 0.2) is 11.5 Å². The van der Waals surface area contributed by atoms with Crippen molar-refractivity contribution in [1.29, 1.82) is 0 Å². The molecule has 1 spiro atoms. The molecule has 1 fully saturated rings. The van der Waals surface area contributed by atoms with Gasteiger partial charge in [-0.2, -0.15) is 0 Å². The summed E-state index contributed by atoms with van der Waals surface area (Å²) in [5.41, 5.74) is 4.42. The van der Waals surface area contributed by atoms with Crippen LogP contribution in [0, 0.1) is 11.8 Å². The summed E-state index contributed by atoms with van der Waals surface area (Å²) in [5.74, 6) is 2.68. The number of hydrogen-bond acceptors (Lipinski definition) is 7. The largest absolute Gasteiger partial charge is 0.493 e. The third kappa shape index (κ3) is 6.71. The fourth-order valence-corrected chi connectivity index (χ4v) is 9.40. The van der Waals surface area contributed by atoms with Crippen LogP contribution in [-0.4, -0.2) is 52.6 Å². The van der Waals surface area contributed by atoms with Gasteiger partial charge in [0.05, 0.1) is 13.2 Å². The van der Waals surface area contributed by atoms with E-state index in [2.05, 4.69) is 36.3 Å². The van der Waals surface area contributed by atoms with Gasteiger partial charge in [-0.3, -0.25) is 4.98 Å². The van der Waals surface area contributed by atoms with Crippen LogP contribution in [0.1, 0.15) is 99.9 Å². The highest BCUT2D eigenvalue weighted by Gasteiger charge is 2.54. The van der Waals surface area contributed by atoms with Gasteiger partial charge in [-0.1, -0.05) is 31.5 Å². The number of hydrogen-bond donors (Lipinski definition) is 3. The second-order valence-electron chi connectivity index (χ2n) is 15.0. The fraction of sp³-hybridized carbons (Fsp3) is 0.550. The van der Waals surface area contributed by atoms with Crippen LogP contribution in [0.15, 0.2) is 48.7 Å². The number of aliphatic carboxylic acids is 1. The summed E-state index contributed by atoms with van der Waals surface area (Å²) >= 11 is 6.28. The molecule has 4 atom stereocenters. The van der Waals surface area contributed by atoms with Gasteiger partial charge in [0.25, 0.3) is 0 Å². The van der Waals surface area contributed by atoms with E-state index in [1.165, 1.54) is 28.8 Å². The lowest BCUT2D eigenvalue weighted by molar-refractivity contribution is -0.144. The maximum absolute atomic E-state index is 13.0. The van der Waals surface area contributed by atoms with Gasteiger partial charge < -0.3 is 29.7 Å². The summed E-state index contributed by atoms with van der Waals surface area (Å²) in [6, 6.07) is 13.7. The Bertz CT molecular complexity index is 1670. The van der Waals surface area contributed by atoms with E-state index in [0.29, 0.717) is 49.3 Å². The van der Waals surface area contributed by atoms with Crippen molar-refractivity contribution in [2.45, 2.75) is 107 Å². The Labute approximate surface area is 294 Å². The summed E-state index contributed by atoms with van der Waals surface area (Å²) in [5, 5.41) is 24.2. The van der Waals surface area contributed by atoms with Crippen molar-refractivity contribution in [3.05, 3.63) is 76.1 Å². The van der Waals surface area contributed by atoms with E-state index in [9.17, 15) is 15.0 Å². The van der Waals surface area contributed by atoms with E-state index < -0.39 is 11.5 Å². The van der Waals surface area contributed by atoms with Gasteiger partial charge in [-0.15, -0.1) is 0 Å². The minimum absolute atomic E-state index is 0.0752. The molecule has 0 bridgehead atoms. The van der Waals surface area contributed by atoms with Crippen LogP contribution in [0.5, 0.6) is 17.2 Å². The smallest absolute Gasteiger partial charge is 0.329 e. The van der Waals surface area contributed by atoms with Crippen LogP contribution in [-0.2, 0) is 23.1 Å². The van der Waals surface area contributed by atoms with Gasteiger partial charge >= 0.3 is 5.97 Å². The molecular formula is C40H49ClN2O6. The van der Waals surface area contributed by atoms with Crippen molar-refractivity contribution >= 4 is 23.3 Å². The second kappa shape index (κ2) is 14.0. The van der Waals surface area contributed by atoms with Crippen LogP contribution in [0.25, 0.3) is 0 Å². The molecule has 0 saturated heterocycles. The first-order valence-electron chi connectivity index (χ1n) is 18.1. The fourth-order valence-electron chi connectivity index (χ4n) is 9.21. The molecule has 3 aliphatic carbocycles. The van der Waals surface area contributed by atoms with Crippen LogP contribution in [0.3, 0.4) is 0 Å². The summed E-state index contributed by atoms with van der Waals surface area (Å²) in [6.07, 6.45) is 10.7. The van der Waals surface area contributed by atoms with Crippen molar-refractivity contribution in [3.8, 4) is 17.2 Å². The van der Waals surface area contributed by atoms with E-state index in [4.69, 9.17) is 25.8 Å². The standard InChI is InChI=1S/C40H49ClN2O6/c1-25(24-48-34-9-16-42-33-8-3-5-26(2)37(33)34)19-28-20-27-21-36-35(47-18-11-31(49-36)10-17-44)23-32(27)39(28)12-14-40(15-13-39,38(45)46)43-30-7-4-6-29(41)22-30/h4,6-7,9,16,21-23,25-26,28,31,43-44H,3,5,8,10-15,17-20,24H2,1-2H3,(H,45,46)/t25-,26-,28+,31?,39?,40?/m1/s1. The molecular weight excluding hydrogens is 640 g/mol. The van der Waals surface area contributed by atoms with Crippen molar-refractivity contribution in [2.75, 3.05) is 25.1 Å². The molecule has 1 aromatic heterocycles. The van der Waals surface area contributed by atoms with Crippen molar-refractivity contribution < 1.29 is 29.2 Å². The Hall–Kier alpha value is -3.49.